The molecule has 5 heteroatoms. The van der Waals surface area contributed by atoms with Gasteiger partial charge in [-0.25, -0.2) is 9.37 Å². The molecule has 0 bridgehead atoms. The van der Waals surface area contributed by atoms with Gasteiger partial charge in [-0.15, -0.1) is 0 Å². The highest BCUT2D eigenvalue weighted by Crippen LogP contribution is 2.30. The number of aromatic nitrogens is 1. The van der Waals surface area contributed by atoms with Gasteiger partial charge in [0.2, 0.25) is 6.41 Å². The number of likely N-dealkylation sites (tertiary alicyclic amines) is 1. The molecule has 0 N–H and O–H groups in total. The summed E-state index contributed by atoms with van der Waals surface area (Å²) in [4.78, 5) is 17.2. The van der Waals surface area contributed by atoms with Crippen LogP contribution in [0.2, 0.25) is 0 Å². The lowest BCUT2D eigenvalue weighted by Crippen LogP contribution is -2.39. The van der Waals surface area contributed by atoms with Crippen molar-refractivity contribution in [3.63, 3.8) is 0 Å². The summed E-state index contributed by atoms with van der Waals surface area (Å²) in [5.41, 5.74) is 1.12. The van der Waals surface area contributed by atoms with E-state index in [1.807, 2.05) is 6.92 Å². The van der Waals surface area contributed by atoms with Crippen LogP contribution in [0.4, 0.5) is 4.39 Å². The average molecular weight is 262 g/mol. The third kappa shape index (κ3) is 2.20. The second kappa shape index (κ2) is 4.64. The number of hydrogen-bond donors (Lipinski definition) is 0. The summed E-state index contributed by atoms with van der Waals surface area (Å²) >= 11 is 0. The van der Waals surface area contributed by atoms with Crippen LogP contribution in [0, 0.1) is 5.82 Å². The second-order valence-electron chi connectivity index (χ2n) is 5.09. The quantitative estimate of drug-likeness (QED) is 0.782. The number of benzene rings is 1. The highest BCUT2D eigenvalue weighted by atomic mass is 19.1. The van der Waals surface area contributed by atoms with Gasteiger partial charge in [0, 0.05) is 18.7 Å². The highest BCUT2D eigenvalue weighted by molar-refractivity contribution is 5.72. The number of carbonyl (C=O) groups excluding carboxylic acids is 1. The van der Waals surface area contributed by atoms with Crippen LogP contribution in [0.15, 0.2) is 22.6 Å². The van der Waals surface area contributed by atoms with Gasteiger partial charge in [0.25, 0.3) is 0 Å². The summed E-state index contributed by atoms with van der Waals surface area (Å²) in [6, 6.07) is 4.58. The number of carbonyl (C=O) groups is 1. The first kappa shape index (κ1) is 12.1. The molecule has 1 aliphatic heterocycles. The molecule has 2 heterocycles. The Labute approximate surface area is 110 Å². The first-order valence-electron chi connectivity index (χ1n) is 6.44. The van der Waals surface area contributed by atoms with Gasteiger partial charge in [0.05, 0.1) is 5.92 Å². The van der Waals surface area contributed by atoms with Crippen molar-refractivity contribution in [1.29, 1.82) is 0 Å². The van der Waals surface area contributed by atoms with Gasteiger partial charge in [-0.05, 0) is 31.9 Å². The molecule has 1 aromatic heterocycles. The predicted molar refractivity (Wildman–Crippen MR) is 68.2 cm³/mol. The Bertz CT molecular complexity index is 611. The van der Waals surface area contributed by atoms with E-state index in [2.05, 4.69) is 4.98 Å². The SMILES string of the molecule is C[C@@H]1CC[C@@H](c2nc3ccc(F)cc3o2)CN1C=O. The van der Waals surface area contributed by atoms with Crippen molar-refractivity contribution >= 4 is 17.5 Å². The molecule has 100 valence electrons. The van der Waals surface area contributed by atoms with Crippen LogP contribution in [-0.4, -0.2) is 28.9 Å². The zero-order valence-electron chi connectivity index (χ0n) is 10.7. The third-order valence-corrected chi connectivity index (χ3v) is 3.78. The van der Waals surface area contributed by atoms with Crippen LogP contribution in [0.5, 0.6) is 0 Å². The Morgan fingerprint density at radius 1 is 1.47 bits per heavy atom. The number of amides is 1. The van der Waals surface area contributed by atoms with Gasteiger partial charge >= 0.3 is 0 Å². The van der Waals surface area contributed by atoms with Crippen LogP contribution in [0.25, 0.3) is 11.1 Å². The first-order chi connectivity index (χ1) is 9.17. The molecule has 1 amide bonds. The molecule has 0 aliphatic carbocycles. The van der Waals surface area contributed by atoms with Crippen molar-refractivity contribution in [2.24, 2.45) is 0 Å². The van der Waals surface area contributed by atoms with E-state index in [4.69, 9.17) is 4.42 Å². The van der Waals surface area contributed by atoms with E-state index in [1.54, 1.807) is 11.0 Å². The number of nitrogens with zero attached hydrogens (tertiary/aromatic N) is 2. The monoisotopic (exact) mass is 262 g/mol. The van der Waals surface area contributed by atoms with Crippen molar-refractivity contribution < 1.29 is 13.6 Å². The van der Waals surface area contributed by atoms with E-state index in [1.165, 1.54) is 12.1 Å². The van der Waals surface area contributed by atoms with Crippen LogP contribution in [0.3, 0.4) is 0 Å². The van der Waals surface area contributed by atoms with Gasteiger partial charge in [-0.2, -0.15) is 0 Å². The Balaban J connectivity index is 1.89. The largest absolute Gasteiger partial charge is 0.440 e. The summed E-state index contributed by atoms with van der Waals surface area (Å²) in [5, 5.41) is 0. The minimum Gasteiger partial charge on any atom is -0.440 e. The maximum atomic E-state index is 13.1. The fourth-order valence-electron chi connectivity index (χ4n) is 2.57. The number of hydrogen-bond acceptors (Lipinski definition) is 3. The summed E-state index contributed by atoms with van der Waals surface area (Å²) in [6.45, 7) is 2.64. The van der Waals surface area contributed by atoms with Crippen molar-refractivity contribution in [2.75, 3.05) is 6.54 Å². The molecule has 1 fully saturated rings. The molecule has 2 atom stereocenters. The van der Waals surface area contributed by atoms with Crippen molar-refractivity contribution in [1.82, 2.24) is 9.88 Å². The fourth-order valence-corrected chi connectivity index (χ4v) is 2.57. The highest BCUT2D eigenvalue weighted by Gasteiger charge is 2.28. The summed E-state index contributed by atoms with van der Waals surface area (Å²) in [5.74, 6) is 0.359. The summed E-state index contributed by atoms with van der Waals surface area (Å²) in [7, 11) is 0. The van der Waals surface area contributed by atoms with Gasteiger partial charge in [-0.3, -0.25) is 4.79 Å². The maximum absolute atomic E-state index is 13.1. The third-order valence-electron chi connectivity index (χ3n) is 3.78. The Morgan fingerprint density at radius 3 is 3.11 bits per heavy atom. The topological polar surface area (TPSA) is 46.3 Å². The maximum Gasteiger partial charge on any atom is 0.209 e. The van der Waals surface area contributed by atoms with E-state index in [-0.39, 0.29) is 17.8 Å². The number of piperidine rings is 1. The molecule has 2 aromatic rings. The van der Waals surface area contributed by atoms with Crippen LogP contribution >= 0.6 is 0 Å². The molecule has 0 unspecified atom stereocenters. The number of rotatable bonds is 2. The van der Waals surface area contributed by atoms with E-state index in [0.29, 0.717) is 23.5 Å². The predicted octanol–water partition coefficient (Wildman–Crippen LogP) is 2.69. The van der Waals surface area contributed by atoms with Crippen LogP contribution in [-0.2, 0) is 4.79 Å². The van der Waals surface area contributed by atoms with E-state index in [0.717, 1.165) is 19.3 Å². The standard InChI is InChI=1S/C14H15FN2O2/c1-9-2-3-10(7-17(9)8-18)14-16-12-5-4-11(15)6-13(12)19-14/h4-6,8-10H,2-3,7H2,1H3/t9-,10-/m1/s1. The minimum absolute atomic E-state index is 0.0943. The molecule has 1 saturated heterocycles. The summed E-state index contributed by atoms with van der Waals surface area (Å²) in [6.07, 6.45) is 2.73. The van der Waals surface area contributed by atoms with Gasteiger partial charge in [0.15, 0.2) is 11.5 Å². The molecular weight excluding hydrogens is 247 g/mol. The number of oxazole rings is 1. The number of fused-ring (bicyclic) bond motifs is 1. The molecule has 3 rings (SSSR count). The van der Waals surface area contributed by atoms with Gasteiger partial charge in [0.1, 0.15) is 11.3 Å². The lowest BCUT2D eigenvalue weighted by Gasteiger charge is -2.33. The Kier molecular flexibility index (Phi) is 2.97. The molecule has 19 heavy (non-hydrogen) atoms. The van der Waals surface area contributed by atoms with Crippen molar-refractivity contribution in [3.8, 4) is 0 Å². The van der Waals surface area contributed by atoms with Crippen molar-refractivity contribution in [2.45, 2.75) is 31.7 Å². The molecule has 0 saturated carbocycles. The molecule has 0 radical (unpaired) electrons. The van der Waals surface area contributed by atoms with Crippen LogP contribution in [0.1, 0.15) is 31.6 Å². The first-order valence-corrected chi connectivity index (χ1v) is 6.44. The molecular formula is C14H15FN2O2. The van der Waals surface area contributed by atoms with E-state index in [9.17, 15) is 9.18 Å². The average Bonchev–Trinajstić information content (AvgIpc) is 2.82. The molecule has 1 aliphatic rings. The molecule has 0 spiro atoms. The van der Waals surface area contributed by atoms with E-state index >= 15 is 0 Å². The van der Waals surface area contributed by atoms with Crippen molar-refractivity contribution in [3.05, 3.63) is 29.9 Å². The zero-order chi connectivity index (χ0) is 13.4. The Morgan fingerprint density at radius 2 is 2.32 bits per heavy atom. The van der Waals surface area contributed by atoms with Gasteiger partial charge < -0.3 is 9.32 Å². The lowest BCUT2D eigenvalue weighted by atomic mass is 9.94. The summed E-state index contributed by atoms with van der Waals surface area (Å²) < 4.78 is 18.7. The smallest absolute Gasteiger partial charge is 0.209 e. The number of halogens is 1. The minimum atomic E-state index is -0.331. The molecule has 1 aromatic carbocycles. The Hall–Kier alpha value is -1.91. The fraction of sp³-hybridized carbons (Fsp3) is 0.429. The van der Waals surface area contributed by atoms with E-state index < -0.39 is 0 Å². The lowest BCUT2D eigenvalue weighted by molar-refractivity contribution is -0.121. The van der Waals surface area contributed by atoms with Gasteiger partial charge in [-0.1, -0.05) is 0 Å². The van der Waals surface area contributed by atoms with Crippen LogP contribution < -0.4 is 0 Å². The second-order valence-corrected chi connectivity index (χ2v) is 5.09. The normalized spacial score (nSPS) is 23.8. The molecule has 4 nitrogen and oxygen atoms in total. The zero-order valence-corrected chi connectivity index (χ0v) is 10.7.